The Hall–Kier alpha value is -1.82. The lowest BCUT2D eigenvalue weighted by Crippen LogP contribution is -2.16. The lowest BCUT2D eigenvalue weighted by atomic mass is 10.1. The van der Waals surface area contributed by atoms with Gasteiger partial charge in [-0.25, -0.2) is 0 Å². The van der Waals surface area contributed by atoms with Crippen LogP contribution in [0.5, 0.6) is 23.0 Å². The Kier molecular flexibility index (Phi) is 9.41. The number of methoxy groups -OCH3 is 4. The van der Waals surface area contributed by atoms with E-state index in [2.05, 4.69) is 5.32 Å². The average Bonchev–Trinajstić information content (AvgIpc) is 2.64. The maximum atomic E-state index is 6.23. The van der Waals surface area contributed by atoms with Crippen molar-refractivity contribution in [2.45, 2.75) is 13.0 Å². The molecule has 0 amide bonds. The van der Waals surface area contributed by atoms with Crippen molar-refractivity contribution in [2.75, 3.05) is 35.0 Å². The van der Waals surface area contributed by atoms with Gasteiger partial charge < -0.3 is 24.3 Å². The Balaban J connectivity index is 0.00000338. The van der Waals surface area contributed by atoms with Crippen LogP contribution in [-0.4, -0.2) is 35.0 Å². The van der Waals surface area contributed by atoms with Crippen LogP contribution in [0.3, 0.4) is 0 Å². The molecular weight excluding hydrogens is 377 g/mol. The zero-order chi connectivity index (χ0) is 18.2. The molecule has 0 aliphatic heterocycles. The third-order valence-corrected chi connectivity index (χ3v) is 4.14. The Morgan fingerprint density at radius 2 is 1.46 bits per heavy atom. The SMILES string of the molecule is COc1ccc(CCNCc2cc(Cl)c(OC)c(OC)c2)cc1OC.Cl. The smallest absolute Gasteiger partial charge is 0.179 e. The van der Waals surface area contributed by atoms with Crippen molar-refractivity contribution in [3.8, 4) is 23.0 Å². The summed E-state index contributed by atoms with van der Waals surface area (Å²) in [5.41, 5.74) is 2.21. The van der Waals surface area contributed by atoms with Gasteiger partial charge in [-0.15, -0.1) is 12.4 Å². The summed E-state index contributed by atoms with van der Waals surface area (Å²) < 4.78 is 21.1. The van der Waals surface area contributed by atoms with Gasteiger partial charge in [-0.1, -0.05) is 17.7 Å². The fourth-order valence-corrected chi connectivity index (χ4v) is 2.89. The molecule has 0 radical (unpaired) electrons. The summed E-state index contributed by atoms with van der Waals surface area (Å²) in [6.07, 6.45) is 0.876. The number of hydrogen-bond acceptors (Lipinski definition) is 5. The van der Waals surface area contributed by atoms with Gasteiger partial charge in [-0.3, -0.25) is 0 Å². The van der Waals surface area contributed by atoms with Crippen LogP contribution in [0.25, 0.3) is 0 Å². The minimum absolute atomic E-state index is 0. The second-order valence-corrected chi connectivity index (χ2v) is 5.84. The second kappa shape index (κ2) is 11.0. The van der Waals surface area contributed by atoms with Crippen LogP contribution in [-0.2, 0) is 13.0 Å². The lowest BCUT2D eigenvalue weighted by Gasteiger charge is -2.13. The minimum Gasteiger partial charge on any atom is -0.493 e. The molecule has 0 aromatic heterocycles. The summed E-state index contributed by atoms with van der Waals surface area (Å²) in [4.78, 5) is 0. The van der Waals surface area contributed by atoms with Crippen LogP contribution >= 0.6 is 24.0 Å². The molecule has 5 nitrogen and oxygen atoms in total. The fourth-order valence-electron chi connectivity index (χ4n) is 2.57. The molecule has 0 saturated carbocycles. The normalized spacial score (nSPS) is 10.0. The molecule has 2 aromatic carbocycles. The summed E-state index contributed by atoms with van der Waals surface area (Å²) in [7, 11) is 6.45. The number of nitrogens with one attached hydrogen (secondary N) is 1. The maximum Gasteiger partial charge on any atom is 0.179 e. The highest BCUT2D eigenvalue weighted by atomic mass is 35.5. The van der Waals surface area contributed by atoms with Gasteiger partial charge >= 0.3 is 0 Å². The van der Waals surface area contributed by atoms with E-state index < -0.39 is 0 Å². The summed E-state index contributed by atoms with van der Waals surface area (Å²) in [5, 5.41) is 3.95. The molecule has 0 fully saturated rings. The first-order valence-corrected chi connectivity index (χ1v) is 8.32. The molecule has 0 bridgehead atoms. The zero-order valence-corrected chi connectivity index (χ0v) is 17.0. The van der Waals surface area contributed by atoms with Crippen LogP contribution in [0.15, 0.2) is 30.3 Å². The lowest BCUT2D eigenvalue weighted by molar-refractivity contribution is 0.354. The van der Waals surface area contributed by atoms with Gasteiger partial charge in [0.05, 0.1) is 33.5 Å². The first-order chi connectivity index (χ1) is 12.1. The van der Waals surface area contributed by atoms with E-state index in [9.17, 15) is 0 Å². The standard InChI is InChI=1S/C19H24ClNO4.ClH/c1-22-16-6-5-13(10-17(16)23-2)7-8-21-12-14-9-15(20)19(25-4)18(11-14)24-3;/h5-6,9-11,21H,7-8,12H2,1-4H3;1H. The topological polar surface area (TPSA) is 49.0 Å². The molecule has 2 aromatic rings. The van der Waals surface area contributed by atoms with Crippen molar-refractivity contribution in [1.82, 2.24) is 5.32 Å². The van der Waals surface area contributed by atoms with E-state index in [4.69, 9.17) is 30.5 Å². The van der Waals surface area contributed by atoms with Crippen LogP contribution in [0.4, 0.5) is 0 Å². The van der Waals surface area contributed by atoms with Crippen LogP contribution in [0, 0.1) is 0 Å². The number of ether oxygens (including phenoxy) is 4. The first kappa shape index (κ1) is 22.2. The predicted molar refractivity (Wildman–Crippen MR) is 107 cm³/mol. The Morgan fingerprint density at radius 3 is 2.08 bits per heavy atom. The molecular formula is C19H25Cl2NO4. The number of rotatable bonds is 9. The highest BCUT2D eigenvalue weighted by molar-refractivity contribution is 6.32. The van der Waals surface area contributed by atoms with Gasteiger partial charge in [0.25, 0.3) is 0 Å². The highest BCUT2D eigenvalue weighted by Crippen LogP contribution is 2.36. The molecule has 0 aliphatic carbocycles. The summed E-state index contributed by atoms with van der Waals surface area (Å²) in [6.45, 7) is 1.51. The first-order valence-electron chi connectivity index (χ1n) is 7.95. The molecule has 0 aliphatic rings. The van der Waals surface area contributed by atoms with Gasteiger partial charge in [0, 0.05) is 6.54 Å². The van der Waals surface area contributed by atoms with Gasteiger partial charge in [-0.2, -0.15) is 0 Å². The quantitative estimate of drug-likeness (QED) is 0.640. The second-order valence-electron chi connectivity index (χ2n) is 5.43. The van der Waals surface area contributed by atoms with E-state index in [1.165, 1.54) is 5.56 Å². The summed E-state index contributed by atoms with van der Waals surface area (Å²) in [5.74, 6) is 2.66. The van der Waals surface area contributed by atoms with Crippen molar-refractivity contribution in [1.29, 1.82) is 0 Å². The molecule has 1 N–H and O–H groups in total. The third-order valence-electron chi connectivity index (χ3n) is 3.86. The van der Waals surface area contributed by atoms with Gasteiger partial charge in [-0.05, 0) is 48.4 Å². The monoisotopic (exact) mass is 401 g/mol. The van der Waals surface area contributed by atoms with Crippen molar-refractivity contribution in [3.63, 3.8) is 0 Å². The Morgan fingerprint density at radius 1 is 0.808 bits per heavy atom. The van der Waals surface area contributed by atoms with Crippen molar-refractivity contribution in [2.24, 2.45) is 0 Å². The minimum atomic E-state index is 0. The Labute approximate surface area is 166 Å². The fraction of sp³-hybridized carbons (Fsp3) is 0.368. The van der Waals surface area contributed by atoms with E-state index in [-0.39, 0.29) is 12.4 Å². The van der Waals surface area contributed by atoms with E-state index >= 15 is 0 Å². The van der Waals surface area contributed by atoms with Gasteiger partial charge in [0.15, 0.2) is 23.0 Å². The molecule has 0 atom stereocenters. The highest BCUT2D eigenvalue weighted by Gasteiger charge is 2.10. The molecule has 144 valence electrons. The maximum absolute atomic E-state index is 6.23. The van der Waals surface area contributed by atoms with E-state index in [1.54, 1.807) is 28.4 Å². The third kappa shape index (κ3) is 5.59. The van der Waals surface area contributed by atoms with Crippen LogP contribution < -0.4 is 24.3 Å². The van der Waals surface area contributed by atoms with Crippen molar-refractivity contribution >= 4 is 24.0 Å². The van der Waals surface area contributed by atoms with Crippen LogP contribution in [0.1, 0.15) is 11.1 Å². The molecule has 7 heteroatoms. The average molecular weight is 402 g/mol. The summed E-state index contributed by atoms with van der Waals surface area (Å²) >= 11 is 6.23. The number of halogens is 2. The number of hydrogen-bond donors (Lipinski definition) is 1. The molecule has 26 heavy (non-hydrogen) atoms. The largest absolute Gasteiger partial charge is 0.493 e. The van der Waals surface area contributed by atoms with Crippen LogP contribution in [0.2, 0.25) is 5.02 Å². The van der Waals surface area contributed by atoms with E-state index in [0.717, 1.165) is 30.0 Å². The molecule has 0 saturated heterocycles. The predicted octanol–water partition coefficient (Wildman–Crippen LogP) is 4.13. The van der Waals surface area contributed by atoms with E-state index in [1.807, 2.05) is 30.3 Å². The van der Waals surface area contributed by atoms with Gasteiger partial charge in [0.2, 0.25) is 0 Å². The van der Waals surface area contributed by atoms with E-state index in [0.29, 0.717) is 23.1 Å². The number of benzene rings is 2. The van der Waals surface area contributed by atoms with Gasteiger partial charge in [0.1, 0.15) is 0 Å². The van der Waals surface area contributed by atoms with Crippen molar-refractivity contribution in [3.05, 3.63) is 46.5 Å². The molecule has 2 rings (SSSR count). The summed E-state index contributed by atoms with van der Waals surface area (Å²) in [6, 6.07) is 9.76. The molecule has 0 heterocycles. The molecule has 0 unspecified atom stereocenters. The Bertz CT molecular complexity index is 710. The zero-order valence-electron chi connectivity index (χ0n) is 15.4. The molecule has 0 spiro atoms. The van der Waals surface area contributed by atoms with Crippen molar-refractivity contribution < 1.29 is 18.9 Å².